The fourth-order valence-corrected chi connectivity index (χ4v) is 12.8. The van der Waals surface area contributed by atoms with E-state index in [2.05, 4.69) is 294 Å². The zero-order chi connectivity index (χ0) is 49.1. The van der Waals surface area contributed by atoms with Crippen molar-refractivity contribution in [1.82, 2.24) is 0 Å². The van der Waals surface area contributed by atoms with Gasteiger partial charge in [-0.3, -0.25) is 0 Å². The van der Waals surface area contributed by atoms with Gasteiger partial charge in [0.05, 0.1) is 5.69 Å². The first kappa shape index (κ1) is 44.2. The molecule has 0 spiro atoms. The second-order valence-corrected chi connectivity index (χ2v) is 20.4. The molecule has 0 fully saturated rings. The molecule has 3 heterocycles. The summed E-state index contributed by atoms with van der Waals surface area (Å²) in [5, 5.41) is 0. The number of benzene rings is 11. The summed E-state index contributed by atoms with van der Waals surface area (Å²) >= 11 is 6.97. The molecule has 4 nitrogen and oxygen atoms in total. The van der Waals surface area contributed by atoms with Crippen LogP contribution in [-0.4, -0.2) is 14.0 Å². The van der Waals surface area contributed by atoms with E-state index in [-0.39, 0.29) is 6.71 Å². The third-order valence-corrected chi connectivity index (χ3v) is 16.1. The lowest BCUT2D eigenvalue weighted by atomic mass is 9.33. The molecule has 347 valence electrons. The fraction of sp³-hybridized carbons (Fsp3) is 0. The number of hydrogen-bond acceptors (Lipinski definition) is 6. The summed E-state index contributed by atoms with van der Waals surface area (Å²) in [5.74, 6) is 0. The average Bonchev–Trinajstić information content (AvgIpc) is 3.54. The first-order chi connectivity index (χ1) is 36.6. The van der Waals surface area contributed by atoms with Crippen LogP contribution >= 0.6 is 24.4 Å². The maximum absolute atomic E-state index is 5.11. The molecule has 0 atom stereocenters. The van der Waals surface area contributed by atoms with E-state index in [0.717, 1.165) is 72.9 Å². The minimum Gasteiger partial charge on any atom is -0.311 e. The lowest BCUT2D eigenvalue weighted by Gasteiger charge is -2.45. The van der Waals surface area contributed by atoms with E-state index in [1.807, 2.05) is 11.8 Å². The lowest BCUT2D eigenvalue weighted by molar-refractivity contribution is 1.22. The van der Waals surface area contributed by atoms with E-state index in [1.165, 1.54) is 48.5 Å². The highest BCUT2D eigenvalue weighted by Gasteiger charge is 2.45. The standard InChI is InChI=1S/C66H45B2N4S2/c73-62-38-22-19-35-53(62)54-39-51(69(45-23-7-1-8-24-45)46-25-9-2-10-26-46)42-64-65(54)67-55-43-57-59(44-63(55)74-64)72(50-33-17-6-18-34-50)61-41-52(70(47-27-11-3-12-28-47)48-29-13-4-14-30-48)40-60-66(61)68(57)56-36-20-21-37-58(56)71(60)49-31-15-5-16-32-49/h1-44,73H. The number of fused-ring (bicyclic) bond motifs is 6. The van der Waals surface area contributed by atoms with Crippen LogP contribution in [0.1, 0.15) is 0 Å². The minimum absolute atomic E-state index is 0.0718. The summed E-state index contributed by atoms with van der Waals surface area (Å²) in [6.07, 6.45) is 0. The molecule has 3 aliphatic heterocycles. The lowest BCUT2D eigenvalue weighted by Crippen LogP contribution is -2.62. The van der Waals surface area contributed by atoms with Crippen molar-refractivity contribution in [3.8, 4) is 11.1 Å². The molecule has 0 unspecified atom stereocenters. The van der Waals surface area contributed by atoms with Crippen molar-refractivity contribution in [3.63, 3.8) is 0 Å². The molecular formula is C66H45B2N4S2. The third kappa shape index (κ3) is 7.52. The van der Waals surface area contributed by atoms with E-state index < -0.39 is 0 Å². The number of rotatable bonds is 9. The molecule has 0 aromatic heterocycles. The molecule has 0 aliphatic carbocycles. The van der Waals surface area contributed by atoms with Gasteiger partial charge in [-0.25, -0.2) is 0 Å². The van der Waals surface area contributed by atoms with Gasteiger partial charge in [0, 0.05) is 77.2 Å². The van der Waals surface area contributed by atoms with Crippen molar-refractivity contribution in [1.29, 1.82) is 0 Å². The Bertz CT molecular complexity index is 3810. The first-order valence-corrected chi connectivity index (χ1v) is 26.4. The Labute approximate surface area is 443 Å². The van der Waals surface area contributed by atoms with Crippen molar-refractivity contribution in [2.75, 3.05) is 19.6 Å². The van der Waals surface area contributed by atoms with Gasteiger partial charge in [-0.1, -0.05) is 174 Å². The molecule has 0 N–H and O–H groups in total. The van der Waals surface area contributed by atoms with Gasteiger partial charge in [-0.15, -0.1) is 12.6 Å². The summed E-state index contributed by atoms with van der Waals surface area (Å²) in [6.45, 7) is -0.0718. The second kappa shape index (κ2) is 18.5. The third-order valence-electron chi connectivity index (χ3n) is 14.5. The zero-order valence-corrected chi connectivity index (χ0v) is 41.9. The minimum atomic E-state index is -0.0718. The molecule has 74 heavy (non-hydrogen) atoms. The van der Waals surface area contributed by atoms with Crippen LogP contribution in [0.2, 0.25) is 0 Å². The van der Waals surface area contributed by atoms with E-state index in [4.69, 9.17) is 12.6 Å². The fourth-order valence-electron chi connectivity index (χ4n) is 11.4. The Morgan fingerprint density at radius 2 is 0.824 bits per heavy atom. The van der Waals surface area contributed by atoms with Crippen LogP contribution in [0.4, 0.5) is 68.2 Å². The van der Waals surface area contributed by atoms with Crippen molar-refractivity contribution in [2.45, 2.75) is 14.7 Å². The topological polar surface area (TPSA) is 13.0 Å². The van der Waals surface area contributed by atoms with E-state index >= 15 is 0 Å². The smallest absolute Gasteiger partial charge is 0.252 e. The quantitative estimate of drug-likeness (QED) is 0.114. The number of hydrogen-bond donors (Lipinski definition) is 1. The largest absolute Gasteiger partial charge is 0.311 e. The van der Waals surface area contributed by atoms with E-state index in [9.17, 15) is 0 Å². The molecule has 11 aromatic rings. The summed E-state index contributed by atoms with van der Waals surface area (Å²) in [7, 11) is 2.44. The molecule has 0 saturated carbocycles. The van der Waals surface area contributed by atoms with Crippen LogP contribution < -0.4 is 46.9 Å². The van der Waals surface area contributed by atoms with Gasteiger partial charge in [0.25, 0.3) is 6.71 Å². The SMILES string of the molecule is Sc1ccccc1-c1cc(N(c2ccccc2)c2ccccc2)cc2c1[B]c1cc3c(cc1S2)N(c1ccccc1)c1cc(N(c2ccccc2)c2ccccc2)cc2c1B3c1ccccc1N2c1ccccc1. The molecule has 1 radical (unpaired) electrons. The number of nitrogens with zero attached hydrogens (tertiary/aromatic N) is 4. The Morgan fingerprint density at radius 1 is 0.365 bits per heavy atom. The number of anilines is 12. The van der Waals surface area contributed by atoms with Gasteiger partial charge in [0.15, 0.2) is 7.28 Å². The predicted octanol–water partition coefficient (Wildman–Crippen LogP) is 14.8. The molecule has 8 heteroatoms. The van der Waals surface area contributed by atoms with Crippen LogP contribution in [0.3, 0.4) is 0 Å². The monoisotopic (exact) mass is 979 g/mol. The maximum Gasteiger partial charge on any atom is 0.252 e. The molecule has 14 rings (SSSR count). The van der Waals surface area contributed by atoms with Gasteiger partial charge in [-0.05, 0) is 143 Å². The molecule has 0 saturated heterocycles. The Hall–Kier alpha value is -8.55. The average molecular weight is 980 g/mol. The van der Waals surface area contributed by atoms with Crippen molar-refractivity contribution < 1.29 is 0 Å². The highest BCUT2D eigenvalue weighted by atomic mass is 32.2. The molecule has 0 bridgehead atoms. The maximum atomic E-state index is 5.11. The van der Waals surface area contributed by atoms with Crippen molar-refractivity contribution in [2.24, 2.45) is 0 Å². The Kier molecular flexibility index (Phi) is 11.0. The van der Waals surface area contributed by atoms with Crippen molar-refractivity contribution in [3.05, 3.63) is 267 Å². The molecule has 0 amide bonds. The summed E-state index contributed by atoms with van der Waals surface area (Å²) in [5.41, 5.74) is 21.8. The first-order valence-electron chi connectivity index (χ1n) is 25.1. The van der Waals surface area contributed by atoms with Crippen LogP contribution in [-0.2, 0) is 0 Å². The molecule has 3 aliphatic rings. The second-order valence-electron chi connectivity index (χ2n) is 18.9. The number of para-hydroxylation sites is 7. The van der Waals surface area contributed by atoms with Crippen LogP contribution in [0.25, 0.3) is 11.1 Å². The Balaban J connectivity index is 1.02. The summed E-state index contributed by atoms with van der Waals surface area (Å²) < 4.78 is 0. The highest BCUT2D eigenvalue weighted by Crippen LogP contribution is 2.49. The van der Waals surface area contributed by atoms with Crippen LogP contribution in [0.15, 0.2) is 282 Å². The van der Waals surface area contributed by atoms with Crippen LogP contribution in [0.5, 0.6) is 0 Å². The van der Waals surface area contributed by atoms with E-state index in [1.54, 1.807) is 0 Å². The molecular weight excluding hydrogens is 935 g/mol. The highest BCUT2D eigenvalue weighted by molar-refractivity contribution is 8.00. The van der Waals surface area contributed by atoms with Gasteiger partial charge in [-0.2, -0.15) is 0 Å². The van der Waals surface area contributed by atoms with Gasteiger partial charge < -0.3 is 19.6 Å². The summed E-state index contributed by atoms with van der Waals surface area (Å²) in [4.78, 5) is 13.1. The summed E-state index contributed by atoms with van der Waals surface area (Å²) in [6, 6.07) is 96.8. The normalized spacial score (nSPS) is 12.6. The van der Waals surface area contributed by atoms with Gasteiger partial charge in [0.1, 0.15) is 0 Å². The van der Waals surface area contributed by atoms with Gasteiger partial charge >= 0.3 is 0 Å². The van der Waals surface area contributed by atoms with Crippen molar-refractivity contribution >= 4 is 134 Å². The van der Waals surface area contributed by atoms with Crippen LogP contribution in [0, 0.1) is 0 Å². The van der Waals surface area contributed by atoms with E-state index in [0.29, 0.717) is 0 Å². The van der Waals surface area contributed by atoms with Gasteiger partial charge in [0.2, 0.25) is 0 Å². The predicted molar refractivity (Wildman–Crippen MR) is 318 cm³/mol. The zero-order valence-electron chi connectivity index (χ0n) is 40.2. The Morgan fingerprint density at radius 3 is 1.36 bits per heavy atom. The molecule has 11 aromatic carbocycles. The number of thiol groups is 1.